The van der Waals surface area contributed by atoms with Crippen LogP contribution in [0.15, 0.2) is 12.1 Å². The topological polar surface area (TPSA) is 36.9 Å². The summed E-state index contributed by atoms with van der Waals surface area (Å²) in [5, 5.41) is 0.185. The van der Waals surface area contributed by atoms with Gasteiger partial charge in [0, 0.05) is 7.11 Å². The standard InChI is InChI=1S/C22H38O4Si/c1-9-24-18-14-17(16-26-27(7,8)21(3,4)5)15-19(25-10-2)20(18)22(23-6)12-11-13-22/h14-15H,9-13,16H2,1-8H3. The van der Waals surface area contributed by atoms with E-state index >= 15 is 0 Å². The smallest absolute Gasteiger partial charge is 0.192 e. The first-order chi connectivity index (χ1) is 12.6. The average Bonchev–Trinajstić information content (AvgIpc) is 2.54. The van der Waals surface area contributed by atoms with Gasteiger partial charge < -0.3 is 18.6 Å². The minimum atomic E-state index is -1.82. The summed E-state index contributed by atoms with van der Waals surface area (Å²) in [7, 11) is -0.0278. The van der Waals surface area contributed by atoms with Gasteiger partial charge in [0.05, 0.1) is 31.0 Å². The first-order valence-electron chi connectivity index (χ1n) is 10.2. The van der Waals surface area contributed by atoms with Crippen LogP contribution in [0.1, 0.15) is 65.0 Å². The van der Waals surface area contributed by atoms with Crippen molar-refractivity contribution >= 4 is 8.32 Å². The van der Waals surface area contributed by atoms with Gasteiger partial charge in [0.1, 0.15) is 11.5 Å². The molecule has 154 valence electrons. The molecule has 1 aromatic carbocycles. The second-order valence-corrected chi connectivity index (χ2v) is 13.7. The molecule has 0 aliphatic heterocycles. The first-order valence-corrected chi connectivity index (χ1v) is 13.1. The van der Waals surface area contributed by atoms with Gasteiger partial charge in [-0.1, -0.05) is 20.8 Å². The molecule has 4 nitrogen and oxygen atoms in total. The summed E-state index contributed by atoms with van der Waals surface area (Å²) < 4.78 is 24.5. The second-order valence-electron chi connectivity index (χ2n) is 8.93. The Kier molecular flexibility index (Phi) is 7.04. The molecule has 1 fully saturated rings. The lowest BCUT2D eigenvalue weighted by atomic mass is 9.74. The van der Waals surface area contributed by atoms with Gasteiger partial charge in [0.25, 0.3) is 0 Å². The predicted molar refractivity (Wildman–Crippen MR) is 113 cm³/mol. The van der Waals surface area contributed by atoms with Gasteiger partial charge in [-0.2, -0.15) is 0 Å². The quantitative estimate of drug-likeness (QED) is 0.479. The van der Waals surface area contributed by atoms with Gasteiger partial charge in [-0.05, 0) is 68.9 Å². The molecule has 2 rings (SSSR count). The van der Waals surface area contributed by atoms with Crippen LogP contribution in [0, 0.1) is 0 Å². The summed E-state index contributed by atoms with van der Waals surface area (Å²) in [6.07, 6.45) is 3.17. The van der Waals surface area contributed by atoms with E-state index in [1.807, 2.05) is 13.8 Å². The Morgan fingerprint density at radius 2 is 1.52 bits per heavy atom. The summed E-state index contributed by atoms with van der Waals surface area (Å²) >= 11 is 0. The highest BCUT2D eigenvalue weighted by atomic mass is 28.4. The lowest BCUT2D eigenvalue weighted by molar-refractivity contribution is -0.0809. The van der Waals surface area contributed by atoms with Crippen molar-refractivity contribution < 1.29 is 18.6 Å². The van der Waals surface area contributed by atoms with E-state index in [9.17, 15) is 0 Å². The molecule has 1 aliphatic rings. The van der Waals surface area contributed by atoms with E-state index in [-0.39, 0.29) is 10.6 Å². The Labute approximate surface area is 166 Å². The van der Waals surface area contributed by atoms with Gasteiger partial charge in [-0.25, -0.2) is 0 Å². The fraction of sp³-hybridized carbons (Fsp3) is 0.727. The average molecular weight is 395 g/mol. The van der Waals surface area contributed by atoms with E-state index in [1.54, 1.807) is 7.11 Å². The lowest BCUT2D eigenvalue weighted by Gasteiger charge is -2.42. The van der Waals surface area contributed by atoms with Crippen LogP contribution in [0.4, 0.5) is 0 Å². The van der Waals surface area contributed by atoms with Crippen molar-refractivity contribution in [3.8, 4) is 11.5 Å². The maximum atomic E-state index is 6.43. The third-order valence-corrected chi connectivity index (χ3v) is 10.6. The normalized spacial score (nSPS) is 16.7. The van der Waals surface area contributed by atoms with Crippen LogP contribution in [0.3, 0.4) is 0 Å². The summed E-state index contributed by atoms with van der Waals surface area (Å²) in [6, 6.07) is 4.24. The third-order valence-electron chi connectivity index (χ3n) is 6.14. The second kappa shape index (κ2) is 8.54. The zero-order valence-corrected chi connectivity index (χ0v) is 19.5. The van der Waals surface area contributed by atoms with Crippen LogP contribution in [0.2, 0.25) is 18.1 Å². The molecule has 0 saturated heterocycles. The third kappa shape index (κ3) is 4.69. The van der Waals surface area contributed by atoms with Crippen molar-refractivity contribution in [3.63, 3.8) is 0 Å². The fourth-order valence-electron chi connectivity index (χ4n) is 3.25. The Hall–Kier alpha value is -1.04. The number of hydrogen-bond donors (Lipinski definition) is 0. The lowest BCUT2D eigenvalue weighted by Crippen LogP contribution is -2.40. The Balaban J connectivity index is 2.40. The van der Waals surface area contributed by atoms with Gasteiger partial charge in [0.15, 0.2) is 8.32 Å². The summed E-state index contributed by atoms with van der Waals surface area (Å²) in [6.45, 7) is 17.2. The van der Waals surface area contributed by atoms with Crippen molar-refractivity contribution in [2.45, 2.75) is 84.2 Å². The molecule has 1 saturated carbocycles. The number of methoxy groups -OCH3 is 1. The fourth-order valence-corrected chi connectivity index (χ4v) is 4.21. The molecule has 5 heteroatoms. The first kappa shape index (κ1) is 22.2. The number of rotatable bonds is 9. The highest BCUT2D eigenvalue weighted by Crippen LogP contribution is 2.52. The van der Waals surface area contributed by atoms with Crippen molar-refractivity contribution in [1.82, 2.24) is 0 Å². The van der Waals surface area contributed by atoms with Crippen LogP contribution in [-0.4, -0.2) is 28.6 Å². The number of hydrogen-bond acceptors (Lipinski definition) is 4. The summed E-state index contributed by atoms with van der Waals surface area (Å²) in [5.74, 6) is 1.75. The van der Waals surface area contributed by atoms with Crippen molar-refractivity contribution in [2.24, 2.45) is 0 Å². The molecule has 0 N–H and O–H groups in total. The van der Waals surface area contributed by atoms with Crippen LogP contribution in [0.25, 0.3) is 0 Å². The van der Waals surface area contributed by atoms with Gasteiger partial charge in [0.2, 0.25) is 0 Å². The van der Waals surface area contributed by atoms with Gasteiger partial charge in [-0.15, -0.1) is 0 Å². The van der Waals surface area contributed by atoms with Crippen molar-refractivity contribution in [3.05, 3.63) is 23.3 Å². The maximum absolute atomic E-state index is 6.43. The van der Waals surface area contributed by atoms with Gasteiger partial charge >= 0.3 is 0 Å². The molecule has 0 amide bonds. The molecule has 0 aromatic heterocycles. The van der Waals surface area contributed by atoms with Crippen LogP contribution >= 0.6 is 0 Å². The monoisotopic (exact) mass is 394 g/mol. The molecule has 0 spiro atoms. The van der Waals surface area contributed by atoms with E-state index in [0.29, 0.717) is 19.8 Å². The minimum absolute atomic E-state index is 0.185. The predicted octanol–water partition coefficient (Wildman–Crippen LogP) is 6.03. The van der Waals surface area contributed by atoms with E-state index in [2.05, 4.69) is 46.0 Å². The SMILES string of the molecule is CCOc1cc(CO[Si](C)(C)C(C)(C)C)cc(OCC)c1C1(OC)CCC1. The highest BCUT2D eigenvalue weighted by Gasteiger charge is 2.44. The Bertz CT molecular complexity index is 597. The largest absolute Gasteiger partial charge is 0.493 e. The highest BCUT2D eigenvalue weighted by molar-refractivity contribution is 6.74. The summed E-state index contributed by atoms with van der Waals surface area (Å²) in [4.78, 5) is 0. The van der Waals surface area contributed by atoms with E-state index < -0.39 is 8.32 Å². The molecule has 0 atom stereocenters. The zero-order valence-electron chi connectivity index (χ0n) is 18.5. The maximum Gasteiger partial charge on any atom is 0.192 e. The molecule has 1 aromatic rings. The molecule has 0 radical (unpaired) electrons. The Morgan fingerprint density at radius 1 is 1.00 bits per heavy atom. The summed E-state index contributed by atoms with van der Waals surface area (Å²) in [5.41, 5.74) is 1.88. The molecule has 1 aliphatic carbocycles. The molecule has 0 heterocycles. The molecule has 27 heavy (non-hydrogen) atoms. The van der Waals surface area contributed by atoms with Crippen molar-refractivity contribution in [1.29, 1.82) is 0 Å². The molecule has 0 unspecified atom stereocenters. The molecule has 0 bridgehead atoms. The van der Waals surface area contributed by atoms with Gasteiger partial charge in [-0.3, -0.25) is 0 Å². The molecular formula is C22H38O4Si. The molecular weight excluding hydrogens is 356 g/mol. The van der Waals surface area contributed by atoms with E-state index in [4.69, 9.17) is 18.6 Å². The Morgan fingerprint density at radius 3 is 1.85 bits per heavy atom. The van der Waals surface area contributed by atoms with Crippen LogP contribution < -0.4 is 9.47 Å². The van der Waals surface area contributed by atoms with E-state index in [0.717, 1.165) is 35.5 Å². The number of ether oxygens (including phenoxy) is 3. The van der Waals surface area contributed by atoms with Crippen LogP contribution in [0.5, 0.6) is 11.5 Å². The number of benzene rings is 1. The van der Waals surface area contributed by atoms with E-state index in [1.165, 1.54) is 6.42 Å². The van der Waals surface area contributed by atoms with Crippen molar-refractivity contribution in [2.75, 3.05) is 20.3 Å². The zero-order chi connectivity index (χ0) is 20.3. The minimum Gasteiger partial charge on any atom is -0.493 e. The van der Waals surface area contributed by atoms with Crippen LogP contribution in [-0.2, 0) is 21.4 Å².